The Balaban J connectivity index is 1.52. The van der Waals surface area contributed by atoms with Gasteiger partial charge >= 0.3 is 6.18 Å². The summed E-state index contributed by atoms with van der Waals surface area (Å²) >= 11 is 1.24. The third-order valence-corrected chi connectivity index (χ3v) is 5.09. The van der Waals surface area contributed by atoms with E-state index in [1.807, 2.05) is 54.6 Å². The molecule has 4 rings (SSSR count). The van der Waals surface area contributed by atoms with Gasteiger partial charge in [0.25, 0.3) is 0 Å². The van der Waals surface area contributed by atoms with Crippen LogP contribution >= 0.6 is 11.3 Å². The van der Waals surface area contributed by atoms with Gasteiger partial charge < -0.3 is 10.1 Å². The molecule has 3 aromatic carbocycles. The van der Waals surface area contributed by atoms with Gasteiger partial charge in [-0.15, -0.1) is 10.2 Å². The zero-order chi connectivity index (χ0) is 21.0. The number of anilines is 2. The molecule has 0 saturated carbocycles. The first-order valence-electron chi connectivity index (χ1n) is 9.03. The molecule has 0 amide bonds. The molecule has 1 aromatic heterocycles. The molecule has 152 valence electrons. The Labute approximate surface area is 175 Å². The highest BCUT2D eigenvalue weighted by molar-refractivity contribution is 7.18. The predicted octanol–water partition coefficient (Wildman–Crippen LogP) is 6.55. The van der Waals surface area contributed by atoms with Crippen LogP contribution in [-0.4, -0.2) is 10.2 Å². The predicted molar refractivity (Wildman–Crippen MR) is 111 cm³/mol. The van der Waals surface area contributed by atoms with Crippen LogP contribution in [-0.2, 0) is 12.8 Å². The lowest BCUT2D eigenvalue weighted by Gasteiger charge is -2.09. The first kappa shape index (κ1) is 19.9. The highest BCUT2D eigenvalue weighted by atomic mass is 32.1. The lowest BCUT2D eigenvalue weighted by atomic mass is 10.2. The molecule has 0 radical (unpaired) electrons. The summed E-state index contributed by atoms with van der Waals surface area (Å²) in [7, 11) is 0. The molecule has 0 unspecified atom stereocenters. The molecule has 0 atom stereocenters. The van der Waals surface area contributed by atoms with Gasteiger partial charge in [0, 0.05) is 5.69 Å². The van der Waals surface area contributed by atoms with Crippen molar-refractivity contribution in [3.63, 3.8) is 0 Å². The van der Waals surface area contributed by atoms with Gasteiger partial charge in [0.15, 0.2) is 5.01 Å². The van der Waals surface area contributed by atoms with Crippen molar-refractivity contribution in [1.82, 2.24) is 10.2 Å². The summed E-state index contributed by atoms with van der Waals surface area (Å²) in [5.74, 6) is 0.656. The number of hydrogen-bond donors (Lipinski definition) is 1. The minimum atomic E-state index is -4.40. The molecule has 8 heteroatoms. The Hall–Kier alpha value is -3.39. The third-order valence-electron chi connectivity index (χ3n) is 4.22. The fourth-order valence-corrected chi connectivity index (χ4v) is 3.58. The van der Waals surface area contributed by atoms with Gasteiger partial charge in [-0.1, -0.05) is 59.9 Å². The van der Waals surface area contributed by atoms with E-state index in [2.05, 4.69) is 15.5 Å². The second-order valence-electron chi connectivity index (χ2n) is 6.39. The summed E-state index contributed by atoms with van der Waals surface area (Å²) in [5.41, 5.74) is 1.37. The zero-order valence-electron chi connectivity index (χ0n) is 15.6. The van der Waals surface area contributed by atoms with Crippen molar-refractivity contribution in [1.29, 1.82) is 0 Å². The van der Waals surface area contributed by atoms with E-state index in [4.69, 9.17) is 4.74 Å². The lowest BCUT2D eigenvalue weighted by molar-refractivity contribution is -0.137. The van der Waals surface area contributed by atoms with Crippen LogP contribution < -0.4 is 10.1 Å². The topological polar surface area (TPSA) is 47.0 Å². The fraction of sp³-hybridized carbons (Fsp3) is 0.0909. The first-order valence-corrected chi connectivity index (χ1v) is 9.84. The van der Waals surface area contributed by atoms with E-state index in [0.29, 0.717) is 28.2 Å². The van der Waals surface area contributed by atoms with Crippen LogP contribution in [0.1, 0.15) is 11.1 Å². The van der Waals surface area contributed by atoms with Gasteiger partial charge in [0.1, 0.15) is 12.4 Å². The molecule has 4 aromatic rings. The smallest absolute Gasteiger partial charge is 0.416 e. The number of benzene rings is 3. The first-order chi connectivity index (χ1) is 14.5. The average Bonchev–Trinajstić information content (AvgIpc) is 3.21. The van der Waals surface area contributed by atoms with Crippen molar-refractivity contribution in [3.8, 4) is 16.3 Å². The fourth-order valence-electron chi connectivity index (χ4n) is 2.78. The molecule has 0 aliphatic heterocycles. The normalized spacial score (nSPS) is 11.3. The molecule has 30 heavy (non-hydrogen) atoms. The van der Waals surface area contributed by atoms with Gasteiger partial charge in [-0.2, -0.15) is 13.2 Å². The molecular weight excluding hydrogens is 411 g/mol. The maximum Gasteiger partial charge on any atom is 0.416 e. The third kappa shape index (κ3) is 4.77. The Kier molecular flexibility index (Phi) is 5.67. The van der Waals surface area contributed by atoms with E-state index in [1.165, 1.54) is 17.4 Å². The number of nitrogens with one attached hydrogen (secondary N) is 1. The van der Waals surface area contributed by atoms with Crippen LogP contribution in [0.4, 0.5) is 24.0 Å². The Bertz CT molecular complexity index is 1130. The van der Waals surface area contributed by atoms with Crippen LogP contribution in [0.15, 0.2) is 78.9 Å². The number of halogens is 3. The zero-order valence-corrected chi connectivity index (χ0v) is 16.4. The quantitative estimate of drug-likeness (QED) is 0.379. The minimum absolute atomic E-state index is 0.293. The van der Waals surface area contributed by atoms with Crippen molar-refractivity contribution in [2.24, 2.45) is 0 Å². The van der Waals surface area contributed by atoms with Crippen LogP contribution in [0.2, 0.25) is 0 Å². The van der Waals surface area contributed by atoms with Crippen molar-refractivity contribution >= 4 is 22.2 Å². The monoisotopic (exact) mass is 427 g/mol. The molecule has 1 N–H and O–H groups in total. The van der Waals surface area contributed by atoms with E-state index in [0.717, 1.165) is 23.3 Å². The van der Waals surface area contributed by atoms with Crippen LogP contribution in [0.25, 0.3) is 10.6 Å². The summed E-state index contributed by atoms with van der Waals surface area (Å²) in [6.07, 6.45) is -4.40. The number of nitrogens with zero attached hydrogens (tertiary/aromatic N) is 2. The van der Waals surface area contributed by atoms with Gasteiger partial charge in [-0.05, 0) is 35.9 Å². The maximum absolute atomic E-state index is 12.9. The lowest BCUT2D eigenvalue weighted by Crippen LogP contribution is -2.05. The van der Waals surface area contributed by atoms with E-state index in [9.17, 15) is 13.2 Å². The maximum atomic E-state index is 12.9. The number of para-hydroxylation sites is 1. The number of aromatic nitrogens is 2. The van der Waals surface area contributed by atoms with Crippen molar-refractivity contribution < 1.29 is 17.9 Å². The highest BCUT2D eigenvalue weighted by Crippen LogP contribution is 2.36. The Morgan fingerprint density at radius 3 is 2.43 bits per heavy atom. The number of ether oxygens (including phenoxy) is 1. The summed E-state index contributed by atoms with van der Waals surface area (Å²) < 4.78 is 44.7. The van der Waals surface area contributed by atoms with Crippen LogP contribution in [0.5, 0.6) is 5.75 Å². The molecular formula is C22H16F3N3OS. The summed E-state index contributed by atoms with van der Waals surface area (Å²) in [4.78, 5) is 0. The van der Waals surface area contributed by atoms with Gasteiger partial charge in [-0.25, -0.2) is 0 Å². The van der Waals surface area contributed by atoms with Crippen LogP contribution in [0, 0.1) is 0 Å². The molecule has 1 heterocycles. The highest BCUT2D eigenvalue weighted by Gasteiger charge is 2.30. The SMILES string of the molecule is FC(F)(F)c1cccc(Nc2nnc(-c3ccccc3OCc3ccccc3)s2)c1. The number of rotatable bonds is 6. The van der Waals surface area contributed by atoms with E-state index >= 15 is 0 Å². The van der Waals surface area contributed by atoms with Gasteiger partial charge in [-0.3, -0.25) is 0 Å². The summed E-state index contributed by atoms with van der Waals surface area (Å²) in [6.45, 7) is 0.409. The standard InChI is InChI=1S/C22H16F3N3OS/c23-22(24,25)16-9-6-10-17(13-16)26-21-28-27-20(30-21)18-11-4-5-12-19(18)29-14-15-7-2-1-3-8-15/h1-13H,14H2,(H,26,28). The number of alkyl halides is 3. The molecule has 0 bridgehead atoms. The average molecular weight is 427 g/mol. The second-order valence-corrected chi connectivity index (χ2v) is 7.36. The largest absolute Gasteiger partial charge is 0.488 e. The molecule has 0 aliphatic rings. The van der Waals surface area contributed by atoms with Gasteiger partial charge in [0.2, 0.25) is 5.13 Å². The Morgan fingerprint density at radius 2 is 1.63 bits per heavy atom. The van der Waals surface area contributed by atoms with Crippen LogP contribution in [0.3, 0.4) is 0 Å². The second kappa shape index (κ2) is 8.54. The molecule has 0 aliphatic carbocycles. The molecule has 0 saturated heterocycles. The summed E-state index contributed by atoms with van der Waals surface area (Å²) in [6, 6.07) is 22.2. The van der Waals surface area contributed by atoms with Crippen molar-refractivity contribution in [2.45, 2.75) is 12.8 Å². The molecule has 4 nitrogen and oxygen atoms in total. The van der Waals surface area contributed by atoms with E-state index < -0.39 is 11.7 Å². The summed E-state index contributed by atoms with van der Waals surface area (Å²) in [5, 5.41) is 12.1. The number of hydrogen-bond acceptors (Lipinski definition) is 5. The van der Waals surface area contributed by atoms with E-state index in [1.54, 1.807) is 6.07 Å². The van der Waals surface area contributed by atoms with Crippen molar-refractivity contribution in [2.75, 3.05) is 5.32 Å². The van der Waals surface area contributed by atoms with Crippen molar-refractivity contribution in [3.05, 3.63) is 90.0 Å². The Morgan fingerprint density at radius 1 is 0.867 bits per heavy atom. The minimum Gasteiger partial charge on any atom is -0.488 e. The van der Waals surface area contributed by atoms with E-state index in [-0.39, 0.29) is 0 Å². The molecule has 0 spiro atoms. The van der Waals surface area contributed by atoms with Gasteiger partial charge in [0.05, 0.1) is 11.1 Å². The molecule has 0 fully saturated rings.